The van der Waals surface area contributed by atoms with Crippen LogP contribution < -0.4 is 20.5 Å². The Kier molecular flexibility index (Phi) is 4.04. The van der Waals surface area contributed by atoms with Crippen LogP contribution >= 0.6 is 11.3 Å². The highest BCUT2D eigenvalue weighted by molar-refractivity contribution is 7.19. The fourth-order valence-corrected chi connectivity index (χ4v) is 2.72. The molecular formula is C14H17NO3S. The molecule has 102 valence electrons. The van der Waals surface area contributed by atoms with Crippen molar-refractivity contribution in [1.82, 2.24) is 0 Å². The van der Waals surface area contributed by atoms with Crippen LogP contribution in [0.25, 0.3) is 10.4 Å². The van der Waals surface area contributed by atoms with Crippen molar-refractivity contribution in [3.63, 3.8) is 0 Å². The van der Waals surface area contributed by atoms with Crippen molar-refractivity contribution < 1.29 is 4.74 Å². The molecule has 0 amide bonds. The second kappa shape index (κ2) is 5.57. The molecule has 0 atom stereocenters. The average molecular weight is 279 g/mol. The Morgan fingerprint density at radius 3 is 2.53 bits per heavy atom. The second-order valence-corrected chi connectivity index (χ2v) is 5.66. The monoisotopic (exact) mass is 279 g/mol. The van der Waals surface area contributed by atoms with Crippen LogP contribution in [0.2, 0.25) is 0 Å². The smallest absolute Gasteiger partial charge is 0.269 e. The standard InChI is InChI=1S/C14H17NO3S/c1-4-5-8-18-14-11(12(16)13(14)17)9-6-7-10(19-9)15(2)3/h6-7H,4-5,8H2,1-3H3. The minimum Gasteiger partial charge on any atom is -0.489 e. The second-order valence-electron chi connectivity index (χ2n) is 4.60. The summed E-state index contributed by atoms with van der Waals surface area (Å²) >= 11 is 1.49. The number of anilines is 1. The van der Waals surface area contributed by atoms with Crippen LogP contribution in [0.1, 0.15) is 19.8 Å². The number of thiophene rings is 1. The van der Waals surface area contributed by atoms with Crippen molar-refractivity contribution in [2.45, 2.75) is 19.8 Å². The highest BCUT2D eigenvalue weighted by Crippen LogP contribution is 2.35. The summed E-state index contributed by atoms with van der Waals surface area (Å²) in [5.41, 5.74) is -0.483. The highest BCUT2D eigenvalue weighted by Gasteiger charge is 2.25. The van der Waals surface area contributed by atoms with Gasteiger partial charge in [-0.1, -0.05) is 13.3 Å². The first kappa shape index (κ1) is 13.8. The summed E-state index contributed by atoms with van der Waals surface area (Å²) in [7, 11) is 3.88. The molecule has 1 aromatic heterocycles. The van der Waals surface area contributed by atoms with Gasteiger partial charge in [-0.25, -0.2) is 0 Å². The van der Waals surface area contributed by atoms with Crippen LogP contribution in [0.15, 0.2) is 21.7 Å². The highest BCUT2D eigenvalue weighted by atomic mass is 32.1. The lowest BCUT2D eigenvalue weighted by molar-refractivity contribution is 0.304. The quantitative estimate of drug-likeness (QED) is 0.601. The maximum absolute atomic E-state index is 11.7. The van der Waals surface area contributed by atoms with Gasteiger partial charge >= 0.3 is 0 Å². The molecule has 0 aliphatic heterocycles. The van der Waals surface area contributed by atoms with Crippen LogP contribution in [0.3, 0.4) is 0 Å². The normalized spacial score (nSPS) is 10.9. The number of hydrogen-bond donors (Lipinski definition) is 0. The topological polar surface area (TPSA) is 46.6 Å². The molecule has 2 rings (SSSR count). The van der Waals surface area contributed by atoms with E-state index in [1.54, 1.807) is 0 Å². The summed E-state index contributed by atoms with van der Waals surface area (Å²) < 4.78 is 5.44. The number of ether oxygens (including phenoxy) is 1. The predicted molar refractivity (Wildman–Crippen MR) is 79.4 cm³/mol. The Hall–Kier alpha value is -1.62. The van der Waals surface area contributed by atoms with Gasteiger partial charge in [-0.3, -0.25) is 9.59 Å². The van der Waals surface area contributed by atoms with Crippen molar-refractivity contribution in [2.24, 2.45) is 0 Å². The van der Waals surface area contributed by atoms with Crippen molar-refractivity contribution >= 4 is 16.3 Å². The molecule has 4 nitrogen and oxygen atoms in total. The van der Waals surface area contributed by atoms with E-state index in [1.165, 1.54) is 11.3 Å². The molecule has 1 heterocycles. The zero-order valence-electron chi connectivity index (χ0n) is 11.4. The van der Waals surface area contributed by atoms with Crippen molar-refractivity contribution in [3.05, 3.63) is 32.6 Å². The SMILES string of the molecule is CCCCOc1c(-c2ccc(N(C)C)s2)c(=O)c1=O. The van der Waals surface area contributed by atoms with E-state index in [9.17, 15) is 9.59 Å². The van der Waals surface area contributed by atoms with Crippen molar-refractivity contribution in [1.29, 1.82) is 0 Å². The van der Waals surface area contributed by atoms with Gasteiger partial charge in [-0.2, -0.15) is 0 Å². The summed E-state index contributed by atoms with van der Waals surface area (Å²) in [5.74, 6) is 0.241. The molecule has 2 aromatic rings. The molecule has 0 saturated carbocycles. The summed E-state index contributed by atoms with van der Waals surface area (Å²) in [6.07, 6.45) is 1.88. The molecule has 19 heavy (non-hydrogen) atoms. The minimum absolute atomic E-state index is 0.241. The van der Waals surface area contributed by atoms with Gasteiger partial charge in [0.05, 0.1) is 17.2 Å². The molecule has 0 aliphatic carbocycles. The number of nitrogens with zero attached hydrogens (tertiary/aromatic N) is 1. The summed E-state index contributed by atoms with van der Waals surface area (Å²) in [5, 5.41) is 1.04. The lowest BCUT2D eigenvalue weighted by atomic mass is 10.1. The van der Waals surface area contributed by atoms with Gasteiger partial charge in [0, 0.05) is 19.0 Å². The van der Waals surface area contributed by atoms with Crippen LogP contribution in [0.5, 0.6) is 5.75 Å². The average Bonchev–Trinajstić information content (AvgIpc) is 2.86. The van der Waals surface area contributed by atoms with Crippen molar-refractivity contribution in [3.8, 4) is 16.2 Å². The van der Waals surface area contributed by atoms with Gasteiger partial charge in [-0.05, 0) is 18.6 Å². The molecule has 0 N–H and O–H groups in total. The number of hydrogen-bond acceptors (Lipinski definition) is 5. The maximum Gasteiger partial charge on any atom is 0.269 e. The van der Waals surface area contributed by atoms with E-state index in [-0.39, 0.29) is 5.75 Å². The third-order valence-electron chi connectivity index (χ3n) is 2.89. The summed E-state index contributed by atoms with van der Waals surface area (Å²) in [6, 6.07) is 3.80. The van der Waals surface area contributed by atoms with Crippen LogP contribution in [0.4, 0.5) is 5.00 Å². The first-order valence-corrected chi connectivity index (χ1v) is 7.11. The van der Waals surface area contributed by atoms with Crippen LogP contribution in [-0.4, -0.2) is 20.7 Å². The fraction of sp³-hybridized carbons (Fsp3) is 0.429. The Balaban J connectivity index is 2.26. The third-order valence-corrected chi connectivity index (χ3v) is 4.16. The molecule has 0 bridgehead atoms. The summed E-state index contributed by atoms with van der Waals surface area (Å²) in [6.45, 7) is 2.54. The van der Waals surface area contributed by atoms with E-state index in [0.29, 0.717) is 12.2 Å². The Morgan fingerprint density at radius 2 is 1.95 bits per heavy atom. The zero-order valence-corrected chi connectivity index (χ0v) is 12.2. The van der Waals surface area contributed by atoms with E-state index in [1.807, 2.05) is 31.1 Å². The predicted octanol–water partition coefficient (Wildman–Crippen LogP) is 2.26. The van der Waals surface area contributed by atoms with Crippen LogP contribution in [0, 0.1) is 0 Å². The van der Waals surface area contributed by atoms with Crippen molar-refractivity contribution in [2.75, 3.05) is 25.6 Å². The van der Waals surface area contributed by atoms with Gasteiger partial charge in [0.25, 0.3) is 5.43 Å². The van der Waals surface area contributed by atoms with Crippen LogP contribution in [-0.2, 0) is 0 Å². The van der Waals surface area contributed by atoms with E-state index in [0.717, 1.165) is 22.7 Å². The fourth-order valence-electron chi connectivity index (χ4n) is 1.75. The third kappa shape index (κ3) is 2.56. The first-order chi connectivity index (χ1) is 9.06. The largest absolute Gasteiger partial charge is 0.489 e. The van der Waals surface area contributed by atoms with E-state index < -0.39 is 10.9 Å². The van der Waals surface area contributed by atoms with Gasteiger partial charge in [0.15, 0.2) is 5.75 Å². The van der Waals surface area contributed by atoms with E-state index in [4.69, 9.17) is 4.74 Å². The molecule has 1 aromatic carbocycles. The maximum atomic E-state index is 11.7. The molecule has 0 aliphatic rings. The minimum atomic E-state index is -0.495. The van der Waals surface area contributed by atoms with E-state index in [2.05, 4.69) is 6.92 Å². The molecule has 0 saturated heterocycles. The first-order valence-electron chi connectivity index (χ1n) is 6.30. The number of rotatable bonds is 6. The molecule has 0 spiro atoms. The zero-order chi connectivity index (χ0) is 14.0. The van der Waals surface area contributed by atoms with Gasteiger partial charge in [0.1, 0.15) is 0 Å². The Bertz CT molecular complexity index is 635. The van der Waals surface area contributed by atoms with Gasteiger partial charge in [0.2, 0.25) is 5.43 Å². The van der Waals surface area contributed by atoms with Gasteiger partial charge < -0.3 is 9.64 Å². The lowest BCUT2D eigenvalue weighted by Gasteiger charge is -2.11. The Morgan fingerprint density at radius 1 is 1.21 bits per heavy atom. The Labute approximate surface area is 115 Å². The lowest BCUT2D eigenvalue weighted by Crippen LogP contribution is -2.34. The van der Waals surface area contributed by atoms with Gasteiger partial charge in [-0.15, -0.1) is 11.3 Å². The molecule has 0 fully saturated rings. The molecular weight excluding hydrogens is 262 g/mol. The molecule has 0 unspecified atom stereocenters. The molecule has 0 radical (unpaired) electrons. The number of unbranched alkanes of at least 4 members (excludes halogenated alkanes) is 1. The molecule has 5 heteroatoms. The summed E-state index contributed by atoms with van der Waals surface area (Å²) in [4.78, 5) is 26.0. The van der Waals surface area contributed by atoms with E-state index >= 15 is 0 Å².